The number of rotatable bonds is 9. The second kappa shape index (κ2) is 12.9. The molecule has 4 rings (SSSR count). The number of hydrogen-bond acceptors (Lipinski definition) is 8. The van der Waals surface area contributed by atoms with Crippen LogP contribution in [0.4, 0.5) is 14.5 Å². The number of ether oxygens (including phenoxy) is 2. The lowest BCUT2D eigenvalue weighted by atomic mass is 10.0. The second-order valence-corrected chi connectivity index (χ2v) is 10.0. The maximum Gasteiger partial charge on any atom is 0.331 e. The molecule has 11 heteroatoms. The van der Waals surface area contributed by atoms with Gasteiger partial charge in [0.2, 0.25) is 0 Å². The number of fused-ring (bicyclic) bond motifs is 1. The molecule has 0 aliphatic carbocycles. The van der Waals surface area contributed by atoms with Crippen molar-refractivity contribution in [3.8, 4) is 5.75 Å². The third-order valence-corrected chi connectivity index (χ3v) is 7.50. The van der Waals surface area contributed by atoms with Crippen LogP contribution >= 0.6 is 11.8 Å². The highest BCUT2D eigenvalue weighted by molar-refractivity contribution is 8.13. The second-order valence-electron chi connectivity index (χ2n) is 9.07. The summed E-state index contributed by atoms with van der Waals surface area (Å²) >= 11 is 1.73. The van der Waals surface area contributed by atoms with Gasteiger partial charge in [0.15, 0.2) is 16.8 Å². The van der Waals surface area contributed by atoms with Gasteiger partial charge in [0, 0.05) is 56.7 Å². The number of carboxylic acids is 1. The third kappa shape index (κ3) is 7.55. The summed E-state index contributed by atoms with van der Waals surface area (Å²) in [6.45, 7) is 1.72. The van der Waals surface area contributed by atoms with Gasteiger partial charge in [0.05, 0.1) is 5.69 Å². The topological polar surface area (TPSA) is 91.7 Å². The molecule has 0 bridgehead atoms. The van der Waals surface area contributed by atoms with Gasteiger partial charge in [0.25, 0.3) is 0 Å². The first-order valence-corrected chi connectivity index (χ1v) is 13.2. The predicted molar refractivity (Wildman–Crippen MR) is 141 cm³/mol. The Hall–Kier alpha value is -3.44. The fourth-order valence-electron chi connectivity index (χ4n) is 4.36. The Morgan fingerprint density at radius 3 is 2.68 bits per heavy atom. The average molecular weight is 546 g/mol. The van der Waals surface area contributed by atoms with Crippen molar-refractivity contribution in [1.29, 1.82) is 0 Å². The van der Waals surface area contributed by atoms with Gasteiger partial charge in [-0.05, 0) is 36.6 Å². The molecule has 0 aromatic heterocycles. The minimum absolute atomic E-state index is 0.0960. The maximum absolute atomic E-state index is 13.5. The number of para-hydroxylation sites is 1. The highest BCUT2D eigenvalue weighted by atomic mass is 32.2. The first-order valence-electron chi connectivity index (χ1n) is 12.2. The number of carbonyl (C=O) groups excluding carboxylic acids is 1. The summed E-state index contributed by atoms with van der Waals surface area (Å²) in [5, 5.41) is 9.76. The van der Waals surface area contributed by atoms with Gasteiger partial charge >= 0.3 is 11.9 Å². The molecule has 0 saturated carbocycles. The molecule has 1 atom stereocenters. The summed E-state index contributed by atoms with van der Waals surface area (Å²) in [5.74, 6) is -3.15. The zero-order valence-electron chi connectivity index (χ0n) is 20.9. The molecule has 2 heterocycles. The molecule has 38 heavy (non-hydrogen) atoms. The average Bonchev–Trinajstić information content (AvgIpc) is 2.92. The first-order chi connectivity index (χ1) is 18.3. The van der Waals surface area contributed by atoms with Gasteiger partial charge in [0.1, 0.15) is 18.5 Å². The van der Waals surface area contributed by atoms with Crippen molar-refractivity contribution in [2.45, 2.75) is 30.7 Å². The van der Waals surface area contributed by atoms with Crippen LogP contribution in [0.25, 0.3) is 0 Å². The van der Waals surface area contributed by atoms with Crippen molar-refractivity contribution in [2.75, 3.05) is 33.3 Å². The lowest BCUT2D eigenvalue weighted by Crippen LogP contribution is -2.48. The van der Waals surface area contributed by atoms with E-state index in [9.17, 15) is 18.4 Å². The summed E-state index contributed by atoms with van der Waals surface area (Å²) in [5.41, 5.74) is 2.24. The van der Waals surface area contributed by atoms with E-state index in [0.717, 1.165) is 60.7 Å². The zero-order chi connectivity index (χ0) is 27.1. The number of thioether (sulfide) groups is 1. The summed E-state index contributed by atoms with van der Waals surface area (Å²) in [6, 6.07) is 11.6. The standard InChI is InChI=1S/C27H29F2N3O5S/c1-31(27-30-24-5-3-2-4-18(24)17-38-27)19-10-12-32(13-11-19)15-21(37-26(35)9-8-25(33)34)16-36-20-6-7-22(28)23(29)14-20/h2-9,14,19,21H,10-13,15-17H2,1H3,(H,33,34)/b9-8+/t21-/m1/s1. The summed E-state index contributed by atoms with van der Waals surface area (Å²) in [4.78, 5) is 32.1. The molecule has 1 N–H and O–H groups in total. The molecule has 1 fully saturated rings. The number of piperidine rings is 1. The van der Waals surface area contributed by atoms with E-state index >= 15 is 0 Å². The first kappa shape index (κ1) is 27.6. The van der Waals surface area contributed by atoms with E-state index in [0.29, 0.717) is 18.7 Å². The number of benzene rings is 2. The van der Waals surface area contributed by atoms with Crippen LogP contribution in [0.2, 0.25) is 0 Å². The normalized spacial score (nSPS) is 17.0. The zero-order valence-corrected chi connectivity index (χ0v) is 21.7. The number of carbonyl (C=O) groups is 2. The smallest absolute Gasteiger partial charge is 0.331 e. The van der Waals surface area contributed by atoms with Crippen LogP contribution < -0.4 is 4.74 Å². The van der Waals surface area contributed by atoms with Crippen molar-refractivity contribution < 1.29 is 33.0 Å². The van der Waals surface area contributed by atoms with Crippen molar-refractivity contribution in [3.05, 3.63) is 71.8 Å². The molecule has 2 aromatic carbocycles. The van der Waals surface area contributed by atoms with Crippen molar-refractivity contribution in [2.24, 2.45) is 4.99 Å². The van der Waals surface area contributed by atoms with Crippen LogP contribution in [0.15, 0.2) is 59.6 Å². The number of esters is 1. The Balaban J connectivity index is 1.34. The van der Waals surface area contributed by atoms with Crippen LogP contribution in [0.3, 0.4) is 0 Å². The van der Waals surface area contributed by atoms with E-state index in [1.807, 2.05) is 18.2 Å². The van der Waals surface area contributed by atoms with Crippen molar-refractivity contribution >= 4 is 34.6 Å². The Bertz CT molecular complexity index is 1220. The number of halogens is 2. The van der Waals surface area contributed by atoms with Crippen LogP contribution in [0.5, 0.6) is 5.75 Å². The largest absolute Gasteiger partial charge is 0.490 e. The lowest BCUT2D eigenvalue weighted by molar-refractivity contribution is -0.146. The summed E-state index contributed by atoms with van der Waals surface area (Å²) < 4.78 is 37.8. The third-order valence-electron chi connectivity index (χ3n) is 6.40. The molecule has 2 aliphatic heterocycles. The van der Waals surface area contributed by atoms with E-state index in [4.69, 9.17) is 19.6 Å². The van der Waals surface area contributed by atoms with E-state index in [-0.39, 0.29) is 12.4 Å². The molecule has 2 aliphatic rings. The Morgan fingerprint density at radius 2 is 1.95 bits per heavy atom. The van der Waals surface area contributed by atoms with E-state index in [1.54, 1.807) is 11.8 Å². The van der Waals surface area contributed by atoms with Crippen molar-refractivity contribution in [3.63, 3.8) is 0 Å². The molecule has 0 amide bonds. The Kier molecular flexibility index (Phi) is 9.35. The van der Waals surface area contributed by atoms with Gasteiger partial charge in [-0.3, -0.25) is 4.90 Å². The van der Waals surface area contributed by atoms with Gasteiger partial charge in [-0.15, -0.1) is 0 Å². The number of nitrogens with zero attached hydrogens (tertiary/aromatic N) is 3. The van der Waals surface area contributed by atoms with E-state index < -0.39 is 29.7 Å². The van der Waals surface area contributed by atoms with Gasteiger partial charge in [-0.25, -0.2) is 23.4 Å². The molecular formula is C27H29F2N3O5S. The SMILES string of the molecule is CN(C1=Nc2ccccc2CS1)C1CCN(C[C@H](COc2ccc(F)c(F)c2)OC(=O)/C=C/C(=O)O)CC1. The van der Waals surface area contributed by atoms with Gasteiger partial charge in [-0.2, -0.15) is 0 Å². The fourth-order valence-corrected chi connectivity index (χ4v) is 5.40. The monoisotopic (exact) mass is 545 g/mol. The molecule has 2 aromatic rings. The summed E-state index contributed by atoms with van der Waals surface area (Å²) in [7, 11) is 2.06. The van der Waals surface area contributed by atoms with Crippen molar-refractivity contribution in [1.82, 2.24) is 9.80 Å². The minimum atomic E-state index is -1.27. The van der Waals surface area contributed by atoms with E-state index in [2.05, 4.69) is 22.9 Å². The Morgan fingerprint density at radius 1 is 1.18 bits per heavy atom. The van der Waals surface area contributed by atoms with Gasteiger partial charge < -0.3 is 19.5 Å². The number of aliphatic imine (C=N–C) groups is 1. The Labute approximate surface area is 223 Å². The van der Waals surface area contributed by atoms with Crippen LogP contribution in [0, 0.1) is 11.6 Å². The molecule has 0 unspecified atom stereocenters. The number of amidine groups is 1. The van der Waals surface area contributed by atoms with Crippen LogP contribution in [0.1, 0.15) is 18.4 Å². The van der Waals surface area contributed by atoms with Crippen LogP contribution in [-0.4, -0.2) is 77.4 Å². The number of carboxylic acid groups (broad SMARTS) is 1. The predicted octanol–water partition coefficient (Wildman–Crippen LogP) is 4.23. The van der Waals surface area contributed by atoms with Crippen LogP contribution in [-0.2, 0) is 20.1 Å². The summed E-state index contributed by atoms with van der Waals surface area (Å²) in [6.07, 6.45) is 2.52. The molecule has 0 radical (unpaired) electrons. The fraction of sp³-hybridized carbons (Fsp3) is 0.370. The minimum Gasteiger partial charge on any atom is -0.490 e. The van der Waals surface area contributed by atoms with E-state index in [1.165, 1.54) is 11.6 Å². The maximum atomic E-state index is 13.5. The molecule has 8 nitrogen and oxygen atoms in total. The number of hydrogen-bond donors (Lipinski definition) is 1. The molecule has 0 spiro atoms. The highest BCUT2D eigenvalue weighted by Crippen LogP contribution is 2.33. The number of aliphatic carboxylic acids is 1. The quantitative estimate of drug-likeness (QED) is 0.370. The highest BCUT2D eigenvalue weighted by Gasteiger charge is 2.28. The molecule has 202 valence electrons. The molecular weight excluding hydrogens is 516 g/mol. The van der Waals surface area contributed by atoms with Gasteiger partial charge in [-0.1, -0.05) is 30.0 Å². The number of likely N-dealkylation sites (tertiary alicyclic amines) is 1. The molecule has 1 saturated heterocycles. The lowest BCUT2D eigenvalue weighted by Gasteiger charge is -2.39.